The Morgan fingerprint density at radius 1 is 1.38 bits per heavy atom. The molecule has 0 bridgehead atoms. The minimum atomic E-state index is -0.739. The van der Waals surface area contributed by atoms with Crippen molar-refractivity contribution in [2.75, 3.05) is 5.32 Å². The summed E-state index contributed by atoms with van der Waals surface area (Å²) in [6.07, 6.45) is 0. The largest absolute Gasteiger partial charge is 0.322 e. The number of anilines is 1. The Morgan fingerprint density at radius 3 is 2.69 bits per heavy atom. The van der Waals surface area contributed by atoms with Crippen LogP contribution in [0.3, 0.4) is 0 Å². The number of hydrogen-bond acceptors (Lipinski definition) is 2. The predicted molar refractivity (Wildman–Crippen MR) is 56.0 cm³/mol. The molecular weight excluding hydrogens is 214 g/mol. The van der Waals surface area contributed by atoms with Gasteiger partial charge in [-0.15, -0.1) is 0 Å². The molecule has 0 aliphatic carbocycles. The highest BCUT2D eigenvalue weighted by Crippen LogP contribution is 2.33. The van der Waals surface area contributed by atoms with Crippen molar-refractivity contribution in [3.63, 3.8) is 0 Å². The van der Waals surface area contributed by atoms with Crippen LogP contribution in [0.15, 0.2) is 12.1 Å². The van der Waals surface area contributed by atoms with E-state index >= 15 is 0 Å². The maximum atomic E-state index is 13.4. The zero-order valence-corrected chi connectivity index (χ0v) is 8.97. The van der Waals surface area contributed by atoms with Gasteiger partial charge in [-0.3, -0.25) is 10.1 Å². The van der Waals surface area contributed by atoms with Gasteiger partial charge in [0, 0.05) is 17.7 Å². The van der Waals surface area contributed by atoms with E-state index in [1.165, 1.54) is 6.07 Å². The summed E-state index contributed by atoms with van der Waals surface area (Å²) in [4.78, 5) is 11.6. The molecule has 1 atom stereocenters. The van der Waals surface area contributed by atoms with Crippen LogP contribution in [0.1, 0.15) is 25.5 Å². The van der Waals surface area contributed by atoms with Crippen molar-refractivity contribution in [1.82, 2.24) is 5.32 Å². The molecule has 0 saturated heterocycles. The third-order valence-electron chi connectivity index (χ3n) is 2.41. The molecule has 0 radical (unpaired) electrons. The third kappa shape index (κ3) is 1.78. The molecule has 1 aliphatic rings. The Bertz CT molecular complexity index is 446. The molecule has 1 aromatic carbocycles. The van der Waals surface area contributed by atoms with E-state index in [4.69, 9.17) is 0 Å². The van der Waals surface area contributed by atoms with Gasteiger partial charge in [0.25, 0.3) is 0 Å². The second-order valence-corrected chi connectivity index (χ2v) is 4.10. The smallest absolute Gasteiger partial charge is 0.246 e. The highest BCUT2D eigenvalue weighted by Gasteiger charge is 2.33. The maximum absolute atomic E-state index is 13.4. The second kappa shape index (κ2) is 3.83. The summed E-state index contributed by atoms with van der Waals surface area (Å²) in [5.41, 5.74) is 0.403. The molecule has 1 unspecified atom stereocenters. The van der Waals surface area contributed by atoms with Crippen molar-refractivity contribution < 1.29 is 13.6 Å². The number of rotatable bonds is 2. The zero-order chi connectivity index (χ0) is 11.9. The molecule has 1 amide bonds. The number of nitrogens with one attached hydrogen (secondary N) is 2. The Balaban J connectivity index is 2.43. The minimum absolute atomic E-state index is 0.0491. The Hall–Kier alpha value is -1.49. The maximum Gasteiger partial charge on any atom is 0.246 e. The Labute approximate surface area is 91.8 Å². The summed E-state index contributed by atoms with van der Waals surface area (Å²) < 4.78 is 26.4. The Kier molecular flexibility index (Phi) is 2.63. The fraction of sp³-hybridized carbons (Fsp3) is 0.364. The van der Waals surface area contributed by atoms with Crippen LogP contribution >= 0.6 is 0 Å². The van der Waals surface area contributed by atoms with E-state index in [9.17, 15) is 13.6 Å². The first kappa shape index (κ1) is 11.0. The predicted octanol–water partition coefficient (Wildman–Crippen LogP) is 1.96. The van der Waals surface area contributed by atoms with Gasteiger partial charge >= 0.3 is 0 Å². The molecule has 1 aromatic rings. The quantitative estimate of drug-likeness (QED) is 0.809. The van der Waals surface area contributed by atoms with Crippen LogP contribution in [0, 0.1) is 11.6 Å². The molecule has 1 heterocycles. The van der Waals surface area contributed by atoms with Crippen molar-refractivity contribution >= 4 is 11.6 Å². The lowest BCUT2D eigenvalue weighted by molar-refractivity contribution is -0.117. The lowest BCUT2D eigenvalue weighted by atomic mass is 10.1. The normalized spacial score (nSPS) is 18.8. The molecule has 0 spiro atoms. The van der Waals surface area contributed by atoms with E-state index in [-0.39, 0.29) is 17.6 Å². The molecule has 3 nitrogen and oxygen atoms in total. The first-order valence-electron chi connectivity index (χ1n) is 5.05. The van der Waals surface area contributed by atoms with Gasteiger partial charge in [-0.1, -0.05) is 0 Å². The molecule has 16 heavy (non-hydrogen) atoms. The number of benzene rings is 1. The highest BCUT2D eigenvalue weighted by atomic mass is 19.1. The average Bonchev–Trinajstić information content (AvgIpc) is 2.45. The van der Waals surface area contributed by atoms with Crippen molar-refractivity contribution in [2.45, 2.75) is 25.9 Å². The van der Waals surface area contributed by atoms with Crippen molar-refractivity contribution in [1.29, 1.82) is 0 Å². The van der Waals surface area contributed by atoms with Crippen molar-refractivity contribution in [3.8, 4) is 0 Å². The second-order valence-electron chi connectivity index (χ2n) is 4.10. The molecule has 0 fully saturated rings. The van der Waals surface area contributed by atoms with Gasteiger partial charge in [0.1, 0.15) is 17.7 Å². The summed E-state index contributed by atoms with van der Waals surface area (Å²) in [6, 6.07) is 1.31. The number of carbonyl (C=O) groups is 1. The highest BCUT2D eigenvalue weighted by molar-refractivity contribution is 6.02. The summed E-state index contributed by atoms with van der Waals surface area (Å²) in [5, 5.41) is 5.36. The van der Waals surface area contributed by atoms with E-state index in [1.807, 2.05) is 13.8 Å². The van der Waals surface area contributed by atoms with Gasteiger partial charge in [-0.25, -0.2) is 8.78 Å². The summed E-state index contributed by atoms with van der Waals surface area (Å²) >= 11 is 0. The molecule has 5 heteroatoms. The van der Waals surface area contributed by atoms with Crippen LogP contribution in [-0.2, 0) is 4.79 Å². The van der Waals surface area contributed by atoms with Gasteiger partial charge in [0.05, 0.1) is 5.69 Å². The number of hydrogen-bond donors (Lipinski definition) is 2. The number of carbonyl (C=O) groups excluding carboxylic acids is 1. The SMILES string of the molecule is CC(C)NC1C(=O)Nc2c(F)cc(F)cc21. The van der Waals surface area contributed by atoms with Gasteiger partial charge in [-0.2, -0.15) is 0 Å². The van der Waals surface area contributed by atoms with Gasteiger partial charge < -0.3 is 5.32 Å². The van der Waals surface area contributed by atoms with Crippen molar-refractivity contribution in [3.05, 3.63) is 29.3 Å². The lowest BCUT2D eigenvalue weighted by Crippen LogP contribution is -2.32. The van der Waals surface area contributed by atoms with Crippen LogP contribution in [-0.4, -0.2) is 11.9 Å². The van der Waals surface area contributed by atoms with Crippen LogP contribution < -0.4 is 10.6 Å². The fourth-order valence-electron chi connectivity index (χ4n) is 1.79. The first-order valence-corrected chi connectivity index (χ1v) is 5.05. The lowest BCUT2D eigenvalue weighted by Gasteiger charge is -2.14. The van der Waals surface area contributed by atoms with Gasteiger partial charge in [-0.05, 0) is 19.9 Å². The first-order chi connectivity index (χ1) is 7.49. The molecule has 0 aromatic heterocycles. The molecule has 1 aliphatic heterocycles. The topological polar surface area (TPSA) is 41.1 Å². The van der Waals surface area contributed by atoms with Crippen LogP contribution in [0.4, 0.5) is 14.5 Å². The fourth-order valence-corrected chi connectivity index (χ4v) is 1.79. The van der Waals surface area contributed by atoms with Gasteiger partial charge in [0.2, 0.25) is 5.91 Å². The molecule has 2 N–H and O–H groups in total. The molecular formula is C11H12F2N2O. The number of fused-ring (bicyclic) bond motifs is 1. The van der Waals surface area contributed by atoms with E-state index in [0.717, 1.165) is 6.07 Å². The number of amides is 1. The Morgan fingerprint density at radius 2 is 2.06 bits per heavy atom. The van der Waals surface area contributed by atoms with E-state index in [2.05, 4.69) is 10.6 Å². The van der Waals surface area contributed by atoms with Gasteiger partial charge in [0.15, 0.2) is 0 Å². The summed E-state index contributed by atoms with van der Waals surface area (Å²) in [6.45, 7) is 3.72. The number of halogens is 2. The van der Waals surface area contributed by atoms with E-state index in [0.29, 0.717) is 5.56 Å². The standard InChI is InChI=1S/C11H12F2N2O/c1-5(2)14-10-7-3-6(12)4-8(13)9(7)15-11(10)16/h3-5,10,14H,1-2H3,(H,15,16). The summed E-state index contributed by atoms with van der Waals surface area (Å²) in [5.74, 6) is -1.77. The minimum Gasteiger partial charge on any atom is -0.322 e. The van der Waals surface area contributed by atoms with Crippen LogP contribution in [0.25, 0.3) is 0 Å². The molecule has 0 saturated carbocycles. The van der Waals surface area contributed by atoms with Crippen molar-refractivity contribution in [2.24, 2.45) is 0 Å². The molecule has 2 rings (SSSR count). The third-order valence-corrected chi connectivity index (χ3v) is 2.41. The molecule has 86 valence electrons. The van der Waals surface area contributed by atoms with Crippen LogP contribution in [0.2, 0.25) is 0 Å². The van der Waals surface area contributed by atoms with Crippen LogP contribution in [0.5, 0.6) is 0 Å². The summed E-state index contributed by atoms with van der Waals surface area (Å²) in [7, 11) is 0. The van der Waals surface area contributed by atoms with E-state index in [1.54, 1.807) is 0 Å². The van der Waals surface area contributed by atoms with E-state index < -0.39 is 17.7 Å². The zero-order valence-electron chi connectivity index (χ0n) is 8.97. The average molecular weight is 226 g/mol. The monoisotopic (exact) mass is 226 g/mol.